The van der Waals surface area contributed by atoms with Gasteiger partial charge in [-0.25, -0.2) is 9.59 Å². The maximum absolute atomic E-state index is 12.0. The molecular weight excluding hydrogens is 270 g/mol. The van der Waals surface area contributed by atoms with Crippen molar-refractivity contribution in [1.82, 2.24) is 9.80 Å². The molecule has 2 amide bonds. The van der Waals surface area contributed by atoms with Gasteiger partial charge < -0.3 is 19.9 Å². The molecule has 0 aliphatic carbocycles. The monoisotopic (exact) mass is 293 g/mol. The molecule has 0 saturated heterocycles. The molecule has 0 fully saturated rings. The molecule has 0 aliphatic heterocycles. The third-order valence-corrected chi connectivity index (χ3v) is 2.88. The molecule has 0 radical (unpaired) electrons. The third kappa shape index (κ3) is 5.83. The highest BCUT2D eigenvalue weighted by atomic mass is 16.5. The predicted molar refractivity (Wildman–Crippen MR) is 82.6 cm³/mol. The van der Waals surface area contributed by atoms with Crippen LogP contribution in [0.2, 0.25) is 0 Å². The second kappa shape index (κ2) is 8.26. The molecule has 0 heterocycles. The van der Waals surface area contributed by atoms with Crippen LogP contribution < -0.4 is 5.32 Å². The molecule has 116 valence electrons. The number of benzene rings is 1. The van der Waals surface area contributed by atoms with Crippen molar-refractivity contribution < 1.29 is 14.3 Å². The van der Waals surface area contributed by atoms with Crippen molar-refractivity contribution in [3.8, 4) is 0 Å². The summed E-state index contributed by atoms with van der Waals surface area (Å²) in [7, 11) is 5.66. The normalized spacial score (nSPS) is 10.3. The van der Waals surface area contributed by atoms with E-state index in [1.165, 1.54) is 0 Å². The van der Waals surface area contributed by atoms with Gasteiger partial charge in [-0.05, 0) is 45.3 Å². The average Bonchev–Trinajstić information content (AvgIpc) is 2.45. The molecule has 0 atom stereocenters. The molecule has 0 aliphatic rings. The Morgan fingerprint density at radius 2 is 1.71 bits per heavy atom. The summed E-state index contributed by atoms with van der Waals surface area (Å²) in [5.74, 6) is -0.363. The number of carbonyl (C=O) groups is 2. The van der Waals surface area contributed by atoms with E-state index in [2.05, 4.69) is 5.32 Å². The maximum atomic E-state index is 12.0. The minimum absolute atomic E-state index is 0.180. The molecule has 1 rings (SSSR count). The van der Waals surface area contributed by atoms with Gasteiger partial charge in [0.25, 0.3) is 0 Å². The number of rotatable bonds is 6. The summed E-state index contributed by atoms with van der Waals surface area (Å²) in [5, 5.41) is 2.78. The summed E-state index contributed by atoms with van der Waals surface area (Å²) >= 11 is 0. The molecule has 21 heavy (non-hydrogen) atoms. The minimum atomic E-state index is -0.363. The molecule has 0 bridgehead atoms. The molecule has 0 saturated carbocycles. The second-order valence-electron chi connectivity index (χ2n) is 4.95. The summed E-state index contributed by atoms with van der Waals surface area (Å²) in [5.41, 5.74) is 1.11. The van der Waals surface area contributed by atoms with E-state index in [4.69, 9.17) is 4.74 Å². The molecule has 1 aromatic carbocycles. The Hall–Kier alpha value is -2.08. The molecule has 0 spiro atoms. The summed E-state index contributed by atoms with van der Waals surface area (Å²) in [6, 6.07) is 6.45. The maximum Gasteiger partial charge on any atom is 0.338 e. The van der Waals surface area contributed by atoms with Crippen LogP contribution in [0, 0.1) is 0 Å². The lowest BCUT2D eigenvalue weighted by atomic mass is 10.2. The lowest BCUT2D eigenvalue weighted by Gasteiger charge is -2.20. The van der Waals surface area contributed by atoms with E-state index in [0.29, 0.717) is 24.4 Å². The average molecular weight is 293 g/mol. The van der Waals surface area contributed by atoms with Gasteiger partial charge in [0.05, 0.1) is 12.2 Å². The number of likely N-dealkylation sites (N-methyl/N-ethyl adjacent to an activating group) is 2. The quantitative estimate of drug-likeness (QED) is 0.814. The van der Waals surface area contributed by atoms with Crippen LogP contribution >= 0.6 is 0 Å². The van der Waals surface area contributed by atoms with Crippen LogP contribution in [0.25, 0.3) is 0 Å². The van der Waals surface area contributed by atoms with E-state index in [0.717, 1.165) is 6.54 Å². The first-order valence-electron chi connectivity index (χ1n) is 6.88. The van der Waals surface area contributed by atoms with Gasteiger partial charge in [-0.3, -0.25) is 0 Å². The van der Waals surface area contributed by atoms with Gasteiger partial charge in [0.1, 0.15) is 0 Å². The van der Waals surface area contributed by atoms with Gasteiger partial charge in [-0.1, -0.05) is 0 Å². The molecular formula is C15H23N3O3. The fourth-order valence-corrected chi connectivity index (χ4v) is 1.57. The van der Waals surface area contributed by atoms with E-state index in [1.54, 1.807) is 43.1 Å². The number of nitrogens with zero attached hydrogens (tertiary/aromatic N) is 2. The van der Waals surface area contributed by atoms with Crippen molar-refractivity contribution in [3.05, 3.63) is 29.8 Å². The lowest BCUT2D eigenvalue weighted by molar-refractivity contribution is 0.0526. The Kier molecular flexibility index (Phi) is 6.68. The van der Waals surface area contributed by atoms with Crippen molar-refractivity contribution in [2.24, 2.45) is 0 Å². The summed E-state index contributed by atoms with van der Waals surface area (Å²) < 4.78 is 4.90. The molecule has 0 unspecified atom stereocenters. The topological polar surface area (TPSA) is 61.9 Å². The van der Waals surface area contributed by atoms with Crippen LogP contribution in [-0.4, -0.2) is 62.6 Å². The third-order valence-electron chi connectivity index (χ3n) is 2.88. The van der Waals surface area contributed by atoms with Crippen molar-refractivity contribution in [2.45, 2.75) is 6.92 Å². The Morgan fingerprint density at radius 3 is 2.24 bits per heavy atom. The first-order valence-corrected chi connectivity index (χ1v) is 6.88. The standard InChI is InChI=1S/C15H23N3O3/c1-5-21-14(19)12-6-8-13(9-7-12)16-15(20)18(4)11-10-17(2)3/h6-9H,5,10-11H2,1-4H3,(H,16,20). The minimum Gasteiger partial charge on any atom is -0.462 e. The van der Waals surface area contributed by atoms with Crippen molar-refractivity contribution >= 4 is 17.7 Å². The summed E-state index contributed by atoms with van der Waals surface area (Å²) in [6.45, 7) is 3.54. The van der Waals surface area contributed by atoms with Crippen molar-refractivity contribution in [1.29, 1.82) is 0 Å². The molecule has 0 aromatic heterocycles. The van der Waals surface area contributed by atoms with E-state index in [-0.39, 0.29) is 12.0 Å². The largest absolute Gasteiger partial charge is 0.462 e. The summed E-state index contributed by atoms with van der Waals surface area (Å²) in [4.78, 5) is 27.1. The number of ether oxygens (including phenoxy) is 1. The Balaban J connectivity index is 2.55. The first kappa shape index (κ1) is 17.0. The molecule has 6 nitrogen and oxygen atoms in total. The van der Waals surface area contributed by atoms with Gasteiger partial charge in [0.15, 0.2) is 0 Å². The zero-order valence-corrected chi connectivity index (χ0v) is 13.0. The van der Waals surface area contributed by atoms with Gasteiger partial charge in [-0.2, -0.15) is 0 Å². The molecule has 1 aromatic rings. The lowest BCUT2D eigenvalue weighted by Crippen LogP contribution is -2.36. The highest BCUT2D eigenvalue weighted by Crippen LogP contribution is 2.11. The van der Waals surface area contributed by atoms with Crippen molar-refractivity contribution in [2.75, 3.05) is 46.2 Å². The number of carbonyl (C=O) groups excluding carboxylic acids is 2. The zero-order valence-electron chi connectivity index (χ0n) is 13.0. The summed E-state index contributed by atoms with van der Waals surface area (Å²) in [6.07, 6.45) is 0. The Morgan fingerprint density at radius 1 is 1.10 bits per heavy atom. The number of amides is 2. The number of anilines is 1. The molecule has 1 N–H and O–H groups in total. The van der Waals surface area contributed by atoms with Crippen LogP contribution in [0.4, 0.5) is 10.5 Å². The van der Waals surface area contributed by atoms with E-state index >= 15 is 0 Å². The van der Waals surface area contributed by atoms with E-state index in [9.17, 15) is 9.59 Å². The SMILES string of the molecule is CCOC(=O)c1ccc(NC(=O)N(C)CCN(C)C)cc1. The number of nitrogens with one attached hydrogen (secondary N) is 1. The Bertz CT molecular complexity index is 472. The van der Waals surface area contributed by atoms with Gasteiger partial charge >= 0.3 is 12.0 Å². The fourth-order valence-electron chi connectivity index (χ4n) is 1.57. The van der Waals surface area contributed by atoms with Gasteiger partial charge in [-0.15, -0.1) is 0 Å². The van der Waals surface area contributed by atoms with Crippen LogP contribution in [0.1, 0.15) is 17.3 Å². The van der Waals surface area contributed by atoms with Crippen molar-refractivity contribution in [3.63, 3.8) is 0 Å². The van der Waals surface area contributed by atoms with Crippen LogP contribution in [0.3, 0.4) is 0 Å². The fraction of sp³-hybridized carbons (Fsp3) is 0.467. The number of hydrogen-bond donors (Lipinski definition) is 1. The van der Waals surface area contributed by atoms with Gasteiger partial charge in [0, 0.05) is 25.8 Å². The highest BCUT2D eigenvalue weighted by molar-refractivity contribution is 5.92. The van der Waals surface area contributed by atoms with Crippen LogP contribution in [-0.2, 0) is 4.74 Å². The first-order chi connectivity index (χ1) is 9.93. The van der Waals surface area contributed by atoms with Gasteiger partial charge in [0.2, 0.25) is 0 Å². The number of urea groups is 1. The van der Waals surface area contributed by atoms with Crippen LogP contribution in [0.15, 0.2) is 24.3 Å². The van der Waals surface area contributed by atoms with Crippen LogP contribution in [0.5, 0.6) is 0 Å². The number of esters is 1. The predicted octanol–water partition coefficient (Wildman–Crippen LogP) is 1.89. The Labute approximate surface area is 125 Å². The highest BCUT2D eigenvalue weighted by Gasteiger charge is 2.10. The zero-order chi connectivity index (χ0) is 15.8. The smallest absolute Gasteiger partial charge is 0.338 e. The second-order valence-corrected chi connectivity index (χ2v) is 4.95. The number of hydrogen-bond acceptors (Lipinski definition) is 4. The molecule has 6 heteroatoms. The van der Waals surface area contributed by atoms with E-state index in [1.807, 2.05) is 19.0 Å². The van der Waals surface area contributed by atoms with E-state index < -0.39 is 0 Å².